The van der Waals surface area contributed by atoms with Crippen molar-refractivity contribution in [1.82, 2.24) is 4.90 Å². The van der Waals surface area contributed by atoms with Gasteiger partial charge in [0.2, 0.25) is 0 Å². The molecule has 0 radical (unpaired) electrons. The van der Waals surface area contributed by atoms with Gasteiger partial charge in [0.25, 0.3) is 5.91 Å². The van der Waals surface area contributed by atoms with E-state index in [-0.39, 0.29) is 24.5 Å². The van der Waals surface area contributed by atoms with Crippen LogP contribution < -0.4 is 0 Å². The molecule has 1 fully saturated rings. The Morgan fingerprint density at radius 2 is 1.86 bits per heavy atom. The molecule has 0 unspecified atom stereocenters. The molecule has 0 atom stereocenters. The summed E-state index contributed by atoms with van der Waals surface area (Å²) in [4.78, 5) is 25.9. The van der Waals surface area contributed by atoms with Crippen molar-refractivity contribution in [1.29, 1.82) is 0 Å². The largest absolute Gasteiger partial charge is 0.465 e. The molecule has 0 aromatic heterocycles. The van der Waals surface area contributed by atoms with E-state index in [1.54, 1.807) is 11.8 Å². The number of ether oxygens (including phenoxy) is 1. The SMILES string of the molecule is CCOC(=O)CN(C(=O)c1ccc(C(C)C)cc1)C1CC1. The van der Waals surface area contributed by atoms with Crippen LogP contribution in [0.15, 0.2) is 24.3 Å². The first-order chi connectivity index (χ1) is 10.0. The smallest absolute Gasteiger partial charge is 0.325 e. The van der Waals surface area contributed by atoms with Crippen molar-refractivity contribution in [3.63, 3.8) is 0 Å². The van der Waals surface area contributed by atoms with Gasteiger partial charge in [-0.1, -0.05) is 26.0 Å². The van der Waals surface area contributed by atoms with Crippen LogP contribution >= 0.6 is 0 Å². The van der Waals surface area contributed by atoms with E-state index in [1.807, 2.05) is 24.3 Å². The molecule has 0 heterocycles. The van der Waals surface area contributed by atoms with Crippen LogP contribution in [0.1, 0.15) is 55.5 Å². The lowest BCUT2D eigenvalue weighted by atomic mass is 10.0. The Morgan fingerprint density at radius 3 is 2.33 bits per heavy atom. The van der Waals surface area contributed by atoms with Gasteiger partial charge in [0.15, 0.2) is 0 Å². The van der Waals surface area contributed by atoms with Gasteiger partial charge in [0.05, 0.1) is 6.61 Å². The molecule has 0 bridgehead atoms. The van der Waals surface area contributed by atoms with E-state index in [2.05, 4.69) is 13.8 Å². The second kappa shape index (κ2) is 6.74. The predicted molar refractivity (Wildman–Crippen MR) is 81.2 cm³/mol. The summed E-state index contributed by atoms with van der Waals surface area (Å²) in [5.74, 6) is 0.0191. The zero-order chi connectivity index (χ0) is 15.4. The van der Waals surface area contributed by atoms with Gasteiger partial charge in [-0.05, 0) is 43.4 Å². The summed E-state index contributed by atoms with van der Waals surface area (Å²) in [6.45, 7) is 6.39. The summed E-state index contributed by atoms with van der Waals surface area (Å²) >= 11 is 0. The van der Waals surface area contributed by atoms with E-state index in [1.165, 1.54) is 5.56 Å². The number of benzene rings is 1. The third-order valence-electron chi connectivity index (χ3n) is 3.68. The molecule has 0 saturated heterocycles. The first-order valence-corrected chi connectivity index (χ1v) is 7.59. The Labute approximate surface area is 126 Å². The van der Waals surface area contributed by atoms with Crippen molar-refractivity contribution >= 4 is 11.9 Å². The van der Waals surface area contributed by atoms with Crippen LogP contribution in [0.25, 0.3) is 0 Å². The minimum Gasteiger partial charge on any atom is -0.465 e. The maximum Gasteiger partial charge on any atom is 0.325 e. The molecule has 21 heavy (non-hydrogen) atoms. The summed E-state index contributed by atoms with van der Waals surface area (Å²) in [5, 5.41) is 0. The normalized spacial score (nSPS) is 14.1. The summed E-state index contributed by atoms with van der Waals surface area (Å²) in [5.41, 5.74) is 1.84. The summed E-state index contributed by atoms with van der Waals surface area (Å²) in [6, 6.07) is 7.84. The third-order valence-corrected chi connectivity index (χ3v) is 3.68. The first-order valence-electron chi connectivity index (χ1n) is 7.59. The lowest BCUT2D eigenvalue weighted by Crippen LogP contribution is -2.38. The van der Waals surface area contributed by atoms with E-state index >= 15 is 0 Å². The van der Waals surface area contributed by atoms with Crippen molar-refractivity contribution in [2.75, 3.05) is 13.2 Å². The van der Waals surface area contributed by atoms with Crippen LogP contribution in [-0.2, 0) is 9.53 Å². The van der Waals surface area contributed by atoms with E-state index < -0.39 is 0 Å². The molecule has 1 aromatic carbocycles. The van der Waals surface area contributed by atoms with Crippen molar-refractivity contribution in [2.24, 2.45) is 0 Å². The number of esters is 1. The number of hydrogen-bond donors (Lipinski definition) is 0. The highest BCUT2D eigenvalue weighted by Gasteiger charge is 2.34. The molecule has 4 nitrogen and oxygen atoms in total. The Hall–Kier alpha value is -1.84. The molecule has 0 N–H and O–H groups in total. The van der Waals surface area contributed by atoms with Gasteiger partial charge in [0.1, 0.15) is 6.54 Å². The van der Waals surface area contributed by atoms with Gasteiger partial charge in [-0.2, -0.15) is 0 Å². The van der Waals surface area contributed by atoms with Crippen molar-refractivity contribution in [3.8, 4) is 0 Å². The topological polar surface area (TPSA) is 46.6 Å². The molecule has 1 aromatic rings. The second-order valence-corrected chi connectivity index (χ2v) is 5.75. The first kappa shape index (κ1) is 15.5. The second-order valence-electron chi connectivity index (χ2n) is 5.75. The molecule has 1 aliphatic rings. The highest BCUT2D eigenvalue weighted by molar-refractivity contribution is 5.96. The standard InChI is InChI=1S/C17H23NO3/c1-4-21-16(19)11-18(15-9-10-15)17(20)14-7-5-13(6-8-14)12(2)3/h5-8,12,15H,4,9-11H2,1-3H3. The van der Waals surface area contributed by atoms with Crippen LogP contribution in [0.4, 0.5) is 0 Å². The minimum absolute atomic E-state index is 0.0449. The Bertz CT molecular complexity index is 503. The molecule has 4 heteroatoms. The van der Waals surface area contributed by atoms with Crippen LogP contribution in [0.5, 0.6) is 0 Å². The van der Waals surface area contributed by atoms with Crippen LogP contribution in [0.3, 0.4) is 0 Å². The molecule has 1 amide bonds. The van der Waals surface area contributed by atoms with Gasteiger partial charge in [-0.25, -0.2) is 0 Å². The average molecular weight is 289 g/mol. The predicted octanol–water partition coefficient (Wildman–Crippen LogP) is 2.98. The fraction of sp³-hybridized carbons (Fsp3) is 0.529. The van der Waals surface area contributed by atoms with Gasteiger partial charge in [0, 0.05) is 11.6 Å². The van der Waals surface area contributed by atoms with Gasteiger partial charge in [-0.15, -0.1) is 0 Å². The minimum atomic E-state index is -0.337. The highest BCUT2D eigenvalue weighted by Crippen LogP contribution is 2.28. The zero-order valence-electron chi connectivity index (χ0n) is 13.0. The fourth-order valence-corrected chi connectivity index (χ4v) is 2.28. The molecule has 114 valence electrons. The number of hydrogen-bond acceptors (Lipinski definition) is 3. The number of carbonyl (C=O) groups is 2. The lowest BCUT2D eigenvalue weighted by Gasteiger charge is -2.21. The average Bonchev–Trinajstić information content (AvgIpc) is 3.29. The Kier molecular flexibility index (Phi) is 4.99. The van der Waals surface area contributed by atoms with E-state index in [0.717, 1.165) is 12.8 Å². The monoisotopic (exact) mass is 289 g/mol. The molecule has 0 aliphatic heterocycles. The van der Waals surface area contributed by atoms with Gasteiger partial charge in [-0.3, -0.25) is 9.59 Å². The van der Waals surface area contributed by atoms with Crippen LogP contribution in [0, 0.1) is 0 Å². The van der Waals surface area contributed by atoms with E-state index in [0.29, 0.717) is 18.1 Å². The summed E-state index contributed by atoms with van der Waals surface area (Å²) in [7, 11) is 0. The Morgan fingerprint density at radius 1 is 1.24 bits per heavy atom. The summed E-state index contributed by atoms with van der Waals surface area (Å²) in [6.07, 6.45) is 1.93. The highest BCUT2D eigenvalue weighted by atomic mass is 16.5. The molecule has 2 rings (SSSR count). The molecular formula is C17H23NO3. The summed E-state index contributed by atoms with van der Waals surface area (Å²) < 4.78 is 4.95. The number of nitrogens with zero attached hydrogens (tertiary/aromatic N) is 1. The lowest BCUT2D eigenvalue weighted by molar-refractivity contribution is -0.144. The zero-order valence-corrected chi connectivity index (χ0v) is 13.0. The van der Waals surface area contributed by atoms with Crippen molar-refractivity contribution in [3.05, 3.63) is 35.4 Å². The van der Waals surface area contributed by atoms with Crippen molar-refractivity contribution < 1.29 is 14.3 Å². The van der Waals surface area contributed by atoms with Gasteiger partial charge >= 0.3 is 5.97 Å². The molecule has 1 saturated carbocycles. The quantitative estimate of drug-likeness (QED) is 0.756. The maximum absolute atomic E-state index is 12.6. The van der Waals surface area contributed by atoms with Crippen LogP contribution in [0.2, 0.25) is 0 Å². The number of rotatable bonds is 6. The third kappa shape index (κ3) is 4.06. The number of amides is 1. The Balaban J connectivity index is 2.09. The van der Waals surface area contributed by atoms with E-state index in [9.17, 15) is 9.59 Å². The van der Waals surface area contributed by atoms with Crippen LogP contribution in [-0.4, -0.2) is 36.0 Å². The molecule has 0 spiro atoms. The molecular weight excluding hydrogens is 266 g/mol. The molecule has 1 aliphatic carbocycles. The van der Waals surface area contributed by atoms with E-state index in [4.69, 9.17) is 4.74 Å². The maximum atomic E-state index is 12.6. The van der Waals surface area contributed by atoms with Gasteiger partial charge < -0.3 is 9.64 Å². The number of carbonyl (C=O) groups excluding carboxylic acids is 2. The van der Waals surface area contributed by atoms with Crippen molar-refractivity contribution in [2.45, 2.75) is 45.6 Å². The fourth-order valence-electron chi connectivity index (χ4n) is 2.28.